The molecule has 4 nitrogen and oxygen atoms in total. The molecule has 2 aliphatic rings. The third kappa shape index (κ3) is 3.23. The predicted octanol–water partition coefficient (Wildman–Crippen LogP) is 8.22. The summed E-state index contributed by atoms with van der Waals surface area (Å²) >= 11 is 1.92. The van der Waals surface area contributed by atoms with Gasteiger partial charge in [0.05, 0.1) is 9.79 Å². The van der Waals surface area contributed by atoms with Gasteiger partial charge in [-0.15, -0.1) is 0 Å². The van der Waals surface area contributed by atoms with Crippen LogP contribution < -0.4 is 4.74 Å². The second kappa shape index (κ2) is 7.84. The first-order chi connectivity index (χ1) is 17.5. The fourth-order valence-electron chi connectivity index (χ4n) is 7.11. The Labute approximate surface area is 222 Å². The van der Waals surface area contributed by atoms with Crippen molar-refractivity contribution in [2.75, 3.05) is 0 Å². The Morgan fingerprint density at radius 3 is 2.32 bits per heavy atom. The van der Waals surface area contributed by atoms with Crippen LogP contribution in [0.25, 0.3) is 10.9 Å². The van der Waals surface area contributed by atoms with Crippen LogP contribution in [0.15, 0.2) is 83.9 Å². The summed E-state index contributed by atoms with van der Waals surface area (Å²) in [5.74, 6) is 1.27. The number of thioether (sulfide) groups is 1. The van der Waals surface area contributed by atoms with Crippen LogP contribution in [-0.2, 0) is 11.0 Å². The van der Waals surface area contributed by atoms with E-state index in [0.717, 1.165) is 16.0 Å². The first kappa shape index (κ1) is 24.1. The number of hydrogen-bond donors (Lipinski definition) is 1. The molecule has 0 spiro atoms. The van der Waals surface area contributed by atoms with Crippen LogP contribution in [0.3, 0.4) is 0 Å². The summed E-state index contributed by atoms with van der Waals surface area (Å²) in [6.07, 6.45) is 0. The standard InChI is InChI=1S/C32H32N2O2S/c1-29(2,3)32-30(4,5)23-14-7-8-15-24(23)31(32,6)34-28(37-32)21-12-9-13-22(19-21)36-26-18-17-20-11-10-16-25(35)27(20)33-26/h7-19,35H,1-6H3/t31-,32+/m0/s1. The number of benzene rings is 3. The van der Waals surface area contributed by atoms with Crippen molar-refractivity contribution in [2.24, 2.45) is 10.4 Å². The molecule has 0 amide bonds. The molecule has 0 bridgehead atoms. The number of rotatable bonds is 3. The minimum atomic E-state index is -0.361. The Hall–Kier alpha value is -3.31. The zero-order valence-corrected chi connectivity index (χ0v) is 23.0. The van der Waals surface area contributed by atoms with Gasteiger partial charge < -0.3 is 9.84 Å². The third-order valence-electron chi connectivity index (χ3n) is 8.30. The van der Waals surface area contributed by atoms with E-state index in [0.29, 0.717) is 17.1 Å². The zero-order chi connectivity index (χ0) is 26.2. The lowest BCUT2D eigenvalue weighted by Gasteiger charge is -2.53. The molecule has 1 aliphatic carbocycles. The van der Waals surface area contributed by atoms with Crippen LogP contribution in [0.1, 0.15) is 58.2 Å². The van der Waals surface area contributed by atoms with E-state index in [9.17, 15) is 5.11 Å². The molecular formula is C32H32N2O2S. The summed E-state index contributed by atoms with van der Waals surface area (Å²) in [5.41, 5.74) is 3.82. The third-order valence-corrected chi connectivity index (χ3v) is 10.6. The second-order valence-corrected chi connectivity index (χ2v) is 13.0. The maximum atomic E-state index is 10.2. The summed E-state index contributed by atoms with van der Waals surface area (Å²) in [4.78, 5) is 10.0. The Morgan fingerprint density at radius 1 is 0.838 bits per heavy atom. The largest absolute Gasteiger partial charge is 0.506 e. The van der Waals surface area contributed by atoms with Gasteiger partial charge in [0.15, 0.2) is 0 Å². The molecule has 0 unspecified atom stereocenters. The van der Waals surface area contributed by atoms with Crippen LogP contribution >= 0.6 is 11.8 Å². The topological polar surface area (TPSA) is 54.7 Å². The number of phenols is 1. The molecule has 0 fully saturated rings. The normalized spacial score (nSPS) is 24.0. The van der Waals surface area contributed by atoms with Crippen LogP contribution in [0.5, 0.6) is 17.4 Å². The Kier molecular flexibility index (Phi) is 5.10. The first-order valence-electron chi connectivity index (χ1n) is 12.7. The molecule has 2 heterocycles. The number of hydrogen-bond acceptors (Lipinski definition) is 5. The fraction of sp³-hybridized carbons (Fsp3) is 0.312. The molecule has 0 saturated heterocycles. The van der Waals surface area contributed by atoms with Crippen molar-refractivity contribution in [3.63, 3.8) is 0 Å². The summed E-state index contributed by atoms with van der Waals surface area (Å²) < 4.78 is 6.00. The van der Waals surface area contributed by atoms with E-state index in [-0.39, 0.29) is 26.9 Å². The Morgan fingerprint density at radius 2 is 1.57 bits per heavy atom. The lowest BCUT2D eigenvalue weighted by Crippen LogP contribution is -2.58. The van der Waals surface area contributed by atoms with E-state index >= 15 is 0 Å². The molecular weight excluding hydrogens is 476 g/mol. The first-order valence-corrected chi connectivity index (χ1v) is 13.6. The fourth-order valence-corrected chi connectivity index (χ4v) is 8.89. The number of ether oxygens (including phenoxy) is 1. The average Bonchev–Trinajstić information content (AvgIpc) is 3.27. The number of phenolic OH excluding ortho intramolecular Hbond substituents is 1. The van der Waals surface area contributed by atoms with Crippen molar-refractivity contribution in [1.29, 1.82) is 0 Å². The molecule has 6 rings (SSSR count). The van der Waals surface area contributed by atoms with E-state index in [1.165, 1.54) is 11.1 Å². The molecule has 1 aliphatic heterocycles. The van der Waals surface area contributed by atoms with Gasteiger partial charge in [0.2, 0.25) is 5.88 Å². The summed E-state index contributed by atoms with van der Waals surface area (Å²) in [5, 5.41) is 12.1. The Bertz CT molecular complexity index is 1590. The molecule has 37 heavy (non-hydrogen) atoms. The van der Waals surface area contributed by atoms with Crippen LogP contribution in [-0.4, -0.2) is 19.9 Å². The monoisotopic (exact) mass is 508 g/mol. The van der Waals surface area contributed by atoms with E-state index in [1.54, 1.807) is 6.07 Å². The highest BCUT2D eigenvalue weighted by atomic mass is 32.2. The molecule has 0 radical (unpaired) electrons. The van der Waals surface area contributed by atoms with E-state index in [2.05, 4.69) is 76.9 Å². The van der Waals surface area contributed by atoms with Crippen molar-refractivity contribution < 1.29 is 9.84 Å². The van der Waals surface area contributed by atoms with Crippen LogP contribution in [0.4, 0.5) is 0 Å². The number of para-hydroxylation sites is 1. The minimum Gasteiger partial charge on any atom is -0.506 e. The molecule has 3 aromatic carbocycles. The van der Waals surface area contributed by atoms with E-state index in [4.69, 9.17) is 9.73 Å². The summed E-state index contributed by atoms with van der Waals surface area (Å²) in [7, 11) is 0. The number of pyridine rings is 1. The van der Waals surface area contributed by atoms with Crippen molar-refractivity contribution in [2.45, 2.75) is 57.2 Å². The number of nitrogens with zero attached hydrogens (tertiary/aromatic N) is 2. The molecule has 5 heteroatoms. The van der Waals surface area contributed by atoms with Crippen LogP contribution in [0.2, 0.25) is 0 Å². The molecule has 4 aromatic rings. The maximum absolute atomic E-state index is 10.2. The van der Waals surface area contributed by atoms with Crippen molar-refractivity contribution in [1.82, 2.24) is 4.98 Å². The number of aromatic nitrogens is 1. The van der Waals surface area contributed by atoms with Crippen LogP contribution in [0, 0.1) is 5.41 Å². The number of aromatic hydroxyl groups is 1. The highest BCUT2D eigenvalue weighted by Crippen LogP contribution is 2.72. The van der Waals surface area contributed by atoms with Gasteiger partial charge >= 0.3 is 0 Å². The quantitative estimate of drug-likeness (QED) is 0.303. The molecule has 1 aromatic heterocycles. The zero-order valence-electron chi connectivity index (χ0n) is 22.2. The second-order valence-electron chi connectivity index (χ2n) is 11.8. The van der Waals surface area contributed by atoms with Gasteiger partial charge in [0.25, 0.3) is 0 Å². The van der Waals surface area contributed by atoms with Gasteiger partial charge in [-0.1, -0.05) is 94.9 Å². The highest BCUT2D eigenvalue weighted by molar-refractivity contribution is 8.16. The summed E-state index contributed by atoms with van der Waals surface area (Å²) in [6.45, 7) is 14.1. The predicted molar refractivity (Wildman–Crippen MR) is 153 cm³/mol. The highest BCUT2D eigenvalue weighted by Gasteiger charge is 2.72. The minimum absolute atomic E-state index is 0.0225. The Balaban J connectivity index is 1.41. The molecule has 0 saturated carbocycles. The van der Waals surface area contributed by atoms with Gasteiger partial charge in [-0.05, 0) is 47.7 Å². The van der Waals surface area contributed by atoms with E-state index in [1.807, 2.05) is 54.2 Å². The van der Waals surface area contributed by atoms with Gasteiger partial charge in [-0.25, -0.2) is 4.98 Å². The van der Waals surface area contributed by atoms with Gasteiger partial charge in [0, 0.05) is 22.4 Å². The summed E-state index contributed by atoms with van der Waals surface area (Å²) in [6, 6.07) is 26.0. The molecule has 2 atom stereocenters. The van der Waals surface area contributed by atoms with Gasteiger partial charge in [-0.2, -0.15) is 0 Å². The molecule has 188 valence electrons. The lowest BCUT2D eigenvalue weighted by molar-refractivity contribution is 0.135. The lowest BCUT2D eigenvalue weighted by atomic mass is 9.60. The molecule has 1 N–H and O–H groups in total. The van der Waals surface area contributed by atoms with Gasteiger partial charge in [0.1, 0.15) is 22.6 Å². The van der Waals surface area contributed by atoms with Gasteiger partial charge in [-0.3, -0.25) is 4.99 Å². The SMILES string of the molecule is CC(C)(C)[C@]12SC(c3cccc(Oc4ccc5cccc(O)c5n4)c3)=N[C@@]1(C)c1ccccc1C2(C)C. The van der Waals surface area contributed by atoms with Crippen molar-refractivity contribution in [3.05, 3.63) is 95.6 Å². The smallest absolute Gasteiger partial charge is 0.219 e. The van der Waals surface area contributed by atoms with Crippen molar-refractivity contribution in [3.8, 4) is 17.4 Å². The average molecular weight is 509 g/mol. The van der Waals surface area contributed by atoms with Crippen molar-refractivity contribution >= 4 is 27.7 Å². The van der Waals surface area contributed by atoms with E-state index < -0.39 is 0 Å². The maximum Gasteiger partial charge on any atom is 0.219 e. The number of aliphatic imine (C=N–C) groups is 1. The number of fused-ring (bicyclic) bond motifs is 4.